The SMILES string of the molecule is NC(=S)OC(N)C(F)(F)F. The molecule has 0 aliphatic carbocycles. The number of ether oxygens (including phenoxy) is 1. The molecule has 0 aromatic heterocycles. The molecule has 0 aromatic rings. The predicted octanol–water partition coefficient (Wildman–Crippen LogP) is 0.0937. The van der Waals surface area contributed by atoms with Crippen LogP contribution in [-0.4, -0.2) is 17.6 Å². The first kappa shape index (κ1) is 9.44. The number of alkyl halides is 3. The van der Waals surface area contributed by atoms with E-state index in [1.165, 1.54) is 0 Å². The van der Waals surface area contributed by atoms with Crippen LogP contribution in [0.3, 0.4) is 0 Å². The zero-order valence-corrected chi connectivity index (χ0v) is 5.50. The van der Waals surface area contributed by atoms with Crippen LogP contribution < -0.4 is 11.5 Å². The summed E-state index contributed by atoms with van der Waals surface area (Å²) < 4.78 is 38.1. The van der Waals surface area contributed by atoms with E-state index in [4.69, 9.17) is 0 Å². The van der Waals surface area contributed by atoms with Crippen molar-refractivity contribution in [3.63, 3.8) is 0 Å². The Morgan fingerprint density at radius 1 is 1.50 bits per heavy atom. The second-order valence-corrected chi connectivity index (χ2v) is 1.80. The Morgan fingerprint density at radius 3 is 2.00 bits per heavy atom. The van der Waals surface area contributed by atoms with Crippen molar-refractivity contribution in [2.24, 2.45) is 11.5 Å². The van der Waals surface area contributed by atoms with Gasteiger partial charge in [0.1, 0.15) is 0 Å². The standard InChI is InChI=1S/C3H5F3N2OS/c4-3(5,6)1(7)9-2(8)10/h1H,7H2,(H2,8,10). The number of thiocarbonyl (C=S) groups is 1. The summed E-state index contributed by atoms with van der Waals surface area (Å²) in [5, 5.41) is -0.718. The highest BCUT2D eigenvalue weighted by molar-refractivity contribution is 7.80. The molecule has 0 fully saturated rings. The molecular formula is C3H5F3N2OS. The fourth-order valence-corrected chi connectivity index (χ4v) is 0.296. The number of halogens is 3. The van der Waals surface area contributed by atoms with Gasteiger partial charge in [-0.15, -0.1) is 0 Å². The van der Waals surface area contributed by atoms with Crippen LogP contribution in [0.1, 0.15) is 0 Å². The summed E-state index contributed by atoms with van der Waals surface area (Å²) in [5.41, 5.74) is 9.06. The third-order valence-electron chi connectivity index (χ3n) is 0.566. The van der Waals surface area contributed by atoms with E-state index < -0.39 is 17.6 Å². The first-order valence-electron chi connectivity index (χ1n) is 2.12. The smallest absolute Gasteiger partial charge is 0.439 e. The molecule has 0 spiro atoms. The van der Waals surface area contributed by atoms with E-state index in [9.17, 15) is 13.2 Å². The summed E-state index contributed by atoms with van der Waals surface area (Å²) in [6, 6.07) is 0. The highest BCUT2D eigenvalue weighted by atomic mass is 32.1. The molecule has 0 saturated carbocycles. The van der Waals surface area contributed by atoms with Crippen LogP contribution >= 0.6 is 12.2 Å². The van der Waals surface area contributed by atoms with Gasteiger partial charge in [0.15, 0.2) is 0 Å². The Bertz CT molecular complexity index is 136. The molecule has 0 saturated heterocycles. The van der Waals surface area contributed by atoms with Crippen LogP contribution in [-0.2, 0) is 4.74 Å². The molecule has 0 heterocycles. The molecule has 4 N–H and O–H groups in total. The van der Waals surface area contributed by atoms with Gasteiger partial charge in [-0.1, -0.05) is 0 Å². The van der Waals surface area contributed by atoms with Gasteiger partial charge in [-0.3, -0.25) is 5.73 Å². The maximum absolute atomic E-state index is 11.4. The minimum absolute atomic E-state index is 0.718. The second-order valence-electron chi connectivity index (χ2n) is 1.40. The number of hydrogen-bond acceptors (Lipinski definition) is 3. The Kier molecular flexibility index (Phi) is 2.85. The van der Waals surface area contributed by atoms with E-state index in [-0.39, 0.29) is 0 Å². The number of nitrogens with two attached hydrogens (primary N) is 2. The fourth-order valence-electron chi connectivity index (χ4n) is 0.192. The van der Waals surface area contributed by atoms with E-state index >= 15 is 0 Å². The topological polar surface area (TPSA) is 61.3 Å². The highest BCUT2D eigenvalue weighted by Crippen LogP contribution is 2.18. The summed E-state index contributed by atoms with van der Waals surface area (Å²) in [6.07, 6.45) is -7.05. The van der Waals surface area contributed by atoms with Crippen molar-refractivity contribution < 1.29 is 17.9 Å². The van der Waals surface area contributed by atoms with Crippen molar-refractivity contribution in [3.05, 3.63) is 0 Å². The van der Waals surface area contributed by atoms with E-state index in [2.05, 4.69) is 28.4 Å². The van der Waals surface area contributed by atoms with Gasteiger partial charge in [0.25, 0.3) is 5.17 Å². The Balaban J connectivity index is 3.85. The summed E-state index contributed by atoms with van der Waals surface area (Å²) in [6.45, 7) is 0. The molecule has 0 aliphatic rings. The van der Waals surface area contributed by atoms with Crippen LogP contribution in [0.15, 0.2) is 0 Å². The van der Waals surface area contributed by atoms with E-state index in [1.54, 1.807) is 0 Å². The monoisotopic (exact) mass is 174 g/mol. The molecule has 0 aliphatic heterocycles. The van der Waals surface area contributed by atoms with Gasteiger partial charge in [-0.05, 0) is 12.2 Å². The Hall–Kier alpha value is -0.560. The fraction of sp³-hybridized carbons (Fsp3) is 0.667. The normalized spacial score (nSPS) is 14.4. The van der Waals surface area contributed by atoms with E-state index in [0.29, 0.717) is 0 Å². The average molecular weight is 174 g/mol. The maximum atomic E-state index is 11.4. The molecule has 60 valence electrons. The van der Waals surface area contributed by atoms with Crippen LogP contribution in [0.25, 0.3) is 0 Å². The van der Waals surface area contributed by atoms with Crippen LogP contribution in [0, 0.1) is 0 Å². The van der Waals surface area contributed by atoms with Crippen molar-refractivity contribution in [3.8, 4) is 0 Å². The number of hydrogen-bond donors (Lipinski definition) is 2. The highest BCUT2D eigenvalue weighted by Gasteiger charge is 2.39. The summed E-state index contributed by atoms with van der Waals surface area (Å²) >= 11 is 4.02. The molecule has 10 heavy (non-hydrogen) atoms. The van der Waals surface area contributed by atoms with Crippen molar-refractivity contribution in [1.82, 2.24) is 0 Å². The van der Waals surface area contributed by atoms with Gasteiger partial charge in [0, 0.05) is 0 Å². The third-order valence-corrected chi connectivity index (χ3v) is 0.662. The molecule has 3 nitrogen and oxygen atoms in total. The van der Waals surface area contributed by atoms with E-state index in [1.807, 2.05) is 0 Å². The molecule has 0 aromatic carbocycles. The van der Waals surface area contributed by atoms with E-state index in [0.717, 1.165) is 0 Å². The first-order chi connectivity index (χ1) is 4.34. The van der Waals surface area contributed by atoms with Gasteiger partial charge in [-0.25, -0.2) is 0 Å². The minimum Gasteiger partial charge on any atom is -0.442 e. The molecule has 0 bridgehead atoms. The van der Waals surface area contributed by atoms with Gasteiger partial charge >= 0.3 is 6.18 Å². The third kappa shape index (κ3) is 3.46. The molecule has 1 atom stereocenters. The lowest BCUT2D eigenvalue weighted by molar-refractivity contribution is -0.196. The average Bonchev–Trinajstić information content (AvgIpc) is 1.60. The molecule has 0 amide bonds. The lowest BCUT2D eigenvalue weighted by Gasteiger charge is -2.15. The molecule has 0 rings (SSSR count). The van der Waals surface area contributed by atoms with Crippen molar-refractivity contribution in [2.45, 2.75) is 12.4 Å². The van der Waals surface area contributed by atoms with Gasteiger partial charge in [0.2, 0.25) is 6.23 Å². The molecule has 0 radical (unpaired) electrons. The van der Waals surface area contributed by atoms with Crippen LogP contribution in [0.5, 0.6) is 0 Å². The van der Waals surface area contributed by atoms with Gasteiger partial charge in [0.05, 0.1) is 0 Å². The summed E-state index contributed by atoms with van der Waals surface area (Å²) in [7, 11) is 0. The maximum Gasteiger partial charge on any atom is 0.439 e. The summed E-state index contributed by atoms with van der Waals surface area (Å²) in [5.74, 6) is 0. The lowest BCUT2D eigenvalue weighted by atomic mass is 10.6. The Labute approximate surface area is 60.1 Å². The molecular weight excluding hydrogens is 169 g/mol. The van der Waals surface area contributed by atoms with Crippen LogP contribution in [0.4, 0.5) is 13.2 Å². The number of rotatable bonds is 1. The van der Waals surface area contributed by atoms with Crippen molar-refractivity contribution in [1.29, 1.82) is 0 Å². The van der Waals surface area contributed by atoms with Gasteiger partial charge < -0.3 is 10.5 Å². The molecule has 1 unspecified atom stereocenters. The second kappa shape index (κ2) is 3.02. The van der Waals surface area contributed by atoms with Gasteiger partial charge in [-0.2, -0.15) is 13.2 Å². The summed E-state index contributed by atoms with van der Waals surface area (Å²) in [4.78, 5) is 0. The molecule has 7 heteroatoms. The largest absolute Gasteiger partial charge is 0.442 e. The zero-order valence-electron chi connectivity index (χ0n) is 4.68. The quantitative estimate of drug-likeness (QED) is 0.437. The van der Waals surface area contributed by atoms with Crippen molar-refractivity contribution in [2.75, 3.05) is 0 Å². The Morgan fingerprint density at radius 2 is 1.90 bits per heavy atom. The lowest BCUT2D eigenvalue weighted by Crippen LogP contribution is -2.42. The van der Waals surface area contributed by atoms with Crippen molar-refractivity contribution >= 4 is 17.4 Å². The minimum atomic E-state index is -4.62. The van der Waals surface area contributed by atoms with Crippen LogP contribution in [0.2, 0.25) is 0 Å². The first-order valence-corrected chi connectivity index (χ1v) is 2.53. The predicted molar refractivity (Wildman–Crippen MR) is 31.9 cm³/mol. The zero-order chi connectivity index (χ0) is 8.36.